The molecule has 2 aromatic rings. The number of benzene rings is 1. The molecular weight excluding hydrogens is 368 g/mol. The molecule has 0 bridgehead atoms. The first-order valence-corrected chi connectivity index (χ1v) is 11.2. The molecule has 1 saturated heterocycles. The van der Waals surface area contributed by atoms with Gasteiger partial charge in [0.05, 0.1) is 17.9 Å². The van der Waals surface area contributed by atoms with E-state index < -0.39 is 0 Å². The minimum absolute atomic E-state index is 0.389. The van der Waals surface area contributed by atoms with Gasteiger partial charge in [-0.25, -0.2) is 0 Å². The normalized spacial score (nSPS) is 19.2. The molecule has 1 aromatic carbocycles. The number of hydrogen-bond acceptors (Lipinski definition) is 7. The highest BCUT2D eigenvalue weighted by molar-refractivity contribution is 7.15. The van der Waals surface area contributed by atoms with Gasteiger partial charge in [-0.3, -0.25) is 9.89 Å². The Labute approximate surface area is 171 Å². The van der Waals surface area contributed by atoms with Crippen LogP contribution in [0.15, 0.2) is 23.2 Å². The number of aromatic nitrogens is 2. The Morgan fingerprint density at radius 1 is 1.14 bits per heavy atom. The van der Waals surface area contributed by atoms with Crippen LogP contribution in [-0.4, -0.2) is 54.0 Å². The molecule has 2 aliphatic rings. The summed E-state index contributed by atoms with van der Waals surface area (Å²) in [7, 11) is 0. The Kier molecular flexibility index (Phi) is 5.92. The van der Waals surface area contributed by atoms with E-state index in [1.54, 1.807) is 11.3 Å². The first-order chi connectivity index (χ1) is 13.6. The molecule has 0 saturated carbocycles. The largest absolute Gasteiger partial charge is 0.378 e. The molecule has 0 spiro atoms. The molecule has 1 N–H and O–H groups in total. The number of nitrogens with one attached hydrogen (secondary N) is 1. The Bertz CT molecular complexity index is 824. The van der Waals surface area contributed by atoms with E-state index in [0.29, 0.717) is 12.0 Å². The monoisotopic (exact) mass is 398 g/mol. The third-order valence-corrected chi connectivity index (χ3v) is 6.93. The maximum absolute atomic E-state index is 4.53. The number of aliphatic imine (C=N–C) groups is 1. The molecule has 0 aliphatic carbocycles. The lowest BCUT2D eigenvalue weighted by molar-refractivity contribution is 0.198. The molecule has 2 unspecified atom stereocenters. The second-order valence-electron chi connectivity index (χ2n) is 7.86. The van der Waals surface area contributed by atoms with Crippen LogP contribution in [0.25, 0.3) is 0 Å². The van der Waals surface area contributed by atoms with Gasteiger partial charge in [0.15, 0.2) is 0 Å². The SMILES string of the molecule is CCC(C)Cc1nnc(N2CCN(C(C)c3ccc4c(c3)N=CCN4)CC2)s1. The van der Waals surface area contributed by atoms with Gasteiger partial charge in [0.2, 0.25) is 5.13 Å². The Morgan fingerprint density at radius 2 is 1.96 bits per heavy atom. The molecule has 7 heteroatoms. The third kappa shape index (κ3) is 4.20. The highest BCUT2D eigenvalue weighted by atomic mass is 32.1. The van der Waals surface area contributed by atoms with Crippen LogP contribution in [0, 0.1) is 5.92 Å². The van der Waals surface area contributed by atoms with Gasteiger partial charge in [0.25, 0.3) is 0 Å². The Morgan fingerprint density at radius 3 is 2.75 bits per heavy atom. The zero-order chi connectivity index (χ0) is 19.5. The van der Waals surface area contributed by atoms with E-state index in [0.717, 1.165) is 55.7 Å². The van der Waals surface area contributed by atoms with E-state index in [-0.39, 0.29) is 0 Å². The van der Waals surface area contributed by atoms with Crippen LogP contribution in [0.5, 0.6) is 0 Å². The number of nitrogens with zero attached hydrogens (tertiary/aromatic N) is 5. The summed E-state index contributed by atoms with van der Waals surface area (Å²) < 4.78 is 0. The molecule has 0 amide bonds. The second-order valence-corrected chi connectivity index (χ2v) is 8.90. The standard InChI is InChI=1S/C21H30N6S/c1-4-15(2)13-20-24-25-21(28-20)27-11-9-26(10-12-27)16(3)17-5-6-18-19(14-17)23-8-7-22-18/h5-6,8,14-16,22H,4,7,9-13H2,1-3H3. The number of rotatable bonds is 6. The van der Waals surface area contributed by atoms with Crippen molar-refractivity contribution in [2.45, 2.75) is 39.7 Å². The molecule has 2 aliphatic heterocycles. The average Bonchev–Trinajstić information content (AvgIpc) is 3.21. The molecule has 4 rings (SSSR count). The summed E-state index contributed by atoms with van der Waals surface area (Å²) in [5.41, 5.74) is 3.52. The molecular formula is C21H30N6S. The summed E-state index contributed by atoms with van der Waals surface area (Å²) in [5, 5.41) is 14.5. The third-order valence-electron chi connectivity index (χ3n) is 5.93. The molecule has 150 valence electrons. The number of piperazine rings is 1. The van der Waals surface area contributed by atoms with Gasteiger partial charge in [-0.1, -0.05) is 37.7 Å². The van der Waals surface area contributed by atoms with Crippen molar-refractivity contribution >= 4 is 34.1 Å². The van der Waals surface area contributed by atoms with Crippen LogP contribution in [0.4, 0.5) is 16.5 Å². The predicted molar refractivity (Wildman–Crippen MR) is 118 cm³/mol. The van der Waals surface area contributed by atoms with Crippen LogP contribution < -0.4 is 10.2 Å². The first-order valence-electron chi connectivity index (χ1n) is 10.4. The van der Waals surface area contributed by atoms with E-state index in [1.807, 2.05) is 6.21 Å². The van der Waals surface area contributed by atoms with E-state index in [2.05, 4.69) is 69.3 Å². The van der Waals surface area contributed by atoms with Crippen LogP contribution >= 0.6 is 11.3 Å². The van der Waals surface area contributed by atoms with Crippen molar-refractivity contribution in [1.29, 1.82) is 0 Å². The van der Waals surface area contributed by atoms with Gasteiger partial charge in [0.1, 0.15) is 5.01 Å². The summed E-state index contributed by atoms with van der Waals surface area (Å²) in [6.45, 7) is 11.7. The van der Waals surface area contributed by atoms with Gasteiger partial charge < -0.3 is 10.2 Å². The molecule has 28 heavy (non-hydrogen) atoms. The van der Waals surface area contributed by atoms with E-state index in [4.69, 9.17) is 0 Å². The fourth-order valence-corrected chi connectivity index (χ4v) is 4.83. The van der Waals surface area contributed by atoms with Gasteiger partial charge in [-0.2, -0.15) is 0 Å². The Balaban J connectivity index is 1.36. The fourth-order valence-electron chi connectivity index (χ4n) is 3.77. The summed E-state index contributed by atoms with van der Waals surface area (Å²) in [5.74, 6) is 0.676. The lowest BCUT2D eigenvalue weighted by Gasteiger charge is -2.38. The van der Waals surface area contributed by atoms with Crippen molar-refractivity contribution in [3.05, 3.63) is 28.8 Å². The van der Waals surface area contributed by atoms with E-state index >= 15 is 0 Å². The number of hydrogen-bond donors (Lipinski definition) is 1. The summed E-state index contributed by atoms with van der Waals surface area (Å²) in [6.07, 6.45) is 4.17. The maximum Gasteiger partial charge on any atom is 0.208 e. The zero-order valence-corrected chi connectivity index (χ0v) is 17.9. The summed E-state index contributed by atoms with van der Waals surface area (Å²) in [4.78, 5) is 9.48. The Hall–Kier alpha value is -1.99. The van der Waals surface area contributed by atoms with Crippen LogP contribution in [0.2, 0.25) is 0 Å². The summed E-state index contributed by atoms with van der Waals surface area (Å²) in [6, 6.07) is 7.00. The van der Waals surface area contributed by atoms with Crippen LogP contribution in [0.1, 0.15) is 43.8 Å². The zero-order valence-electron chi connectivity index (χ0n) is 17.1. The summed E-state index contributed by atoms with van der Waals surface area (Å²) >= 11 is 1.77. The number of anilines is 2. The lowest BCUT2D eigenvalue weighted by atomic mass is 10.0. The van der Waals surface area contributed by atoms with Crippen molar-refractivity contribution in [2.75, 3.05) is 42.9 Å². The first kappa shape index (κ1) is 19.3. The average molecular weight is 399 g/mol. The highest BCUT2D eigenvalue weighted by Gasteiger charge is 2.24. The molecule has 2 atom stereocenters. The van der Waals surface area contributed by atoms with E-state index in [1.165, 1.54) is 17.0 Å². The minimum atomic E-state index is 0.389. The minimum Gasteiger partial charge on any atom is -0.378 e. The second kappa shape index (κ2) is 8.57. The maximum atomic E-state index is 4.53. The number of fused-ring (bicyclic) bond motifs is 1. The van der Waals surface area contributed by atoms with E-state index in [9.17, 15) is 0 Å². The molecule has 6 nitrogen and oxygen atoms in total. The topological polar surface area (TPSA) is 56.7 Å². The van der Waals surface area contributed by atoms with Crippen molar-refractivity contribution in [3.8, 4) is 0 Å². The molecule has 3 heterocycles. The van der Waals surface area contributed by atoms with Gasteiger partial charge in [0, 0.05) is 44.9 Å². The molecule has 1 aromatic heterocycles. The van der Waals surface area contributed by atoms with Crippen LogP contribution in [-0.2, 0) is 6.42 Å². The molecule has 1 fully saturated rings. The quantitative estimate of drug-likeness (QED) is 0.793. The van der Waals surface area contributed by atoms with Crippen molar-refractivity contribution in [2.24, 2.45) is 10.9 Å². The predicted octanol–water partition coefficient (Wildman–Crippen LogP) is 4.14. The van der Waals surface area contributed by atoms with Crippen molar-refractivity contribution < 1.29 is 0 Å². The van der Waals surface area contributed by atoms with Gasteiger partial charge >= 0.3 is 0 Å². The fraction of sp³-hybridized carbons (Fsp3) is 0.571. The van der Waals surface area contributed by atoms with Crippen molar-refractivity contribution in [3.63, 3.8) is 0 Å². The smallest absolute Gasteiger partial charge is 0.208 e. The lowest BCUT2D eigenvalue weighted by Crippen LogP contribution is -2.47. The van der Waals surface area contributed by atoms with Gasteiger partial charge in [-0.15, -0.1) is 10.2 Å². The van der Waals surface area contributed by atoms with Crippen molar-refractivity contribution in [1.82, 2.24) is 15.1 Å². The highest BCUT2D eigenvalue weighted by Crippen LogP contribution is 2.32. The molecule has 0 radical (unpaired) electrons. The van der Waals surface area contributed by atoms with Gasteiger partial charge in [-0.05, 0) is 30.5 Å². The van der Waals surface area contributed by atoms with Crippen LogP contribution in [0.3, 0.4) is 0 Å².